The van der Waals surface area contributed by atoms with Gasteiger partial charge in [0.05, 0.1) is 0 Å². The minimum absolute atomic E-state index is 0.750. The molecule has 0 unspecified atom stereocenters. The molecule has 1 aliphatic heterocycles. The maximum atomic E-state index is 8.29. The highest BCUT2D eigenvalue weighted by atomic mass is 32.1. The molecule has 72 valence electrons. The molecule has 12 heavy (non-hydrogen) atoms. The van der Waals surface area contributed by atoms with E-state index in [2.05, 4.69) is 24.3 Å². The SMILES string of the molecule is CNC1CCN(C)CC1.O=S=O. The molecule has 1 fully saturated rings. The summed E-state index contributed by atoms with van der Waals surface area (Å²) in [5.74, 6) is 0. The first-order valence-corrected chi connectivity index (χ1v) is 4.68. The van der Waals surface area contributed by atoms with Crippen molar-refractivity contribution >= 4 is 11.6 Å². The van der Waals surface area contributed by atoms with Crippen LogP contribution in [0.25, 0.3) is 0 Å². The van der Waals surface area contributed by atoms with E-state index in [0.717, 1.165) is 6.04 Å². The van der Waals surface area contributed by atoms with E-state index in [1.807, 2.05) is 0 Å². The minimum Gasteiger partial charge on any atom is -0.317 e. The van der Waals surface area contributed by atoms with Crippen molar-refractivity contribution in [2.45, 2.75) is 18.9 Å². The summed E-state index contributed by atoms with van der Waals surface area (Å²) in [7, 11) is 4.24. The van der Waals surface area contributed by atoms with Crippen LogP contribution in [0.1, 0.15) is 12.8 Å². The smallest absolute Gasteiger partial charge is 0.317 e. The molecule has 0 spiro atoms. The van der Waals surface area contributed by atoms with Crippen molar-refractivity contribution < 1.29 is 8.42 Å². The predicted octanol–water partition coefficient (Wildman–Crippen LogP) is -0.370. The molecule has 0 atom stereocenters. The molecule has 0 aliphatic carbocycles. The Bertz CT molecular complexity index is 140. The van der Waals surface area contributed by atoms with Crippen molar-refractivity contribution in [1.29, 1.82) is 0 Å². The lowest BCUT2D eigenvalue weighted by molar-refractivity contribution is 0.240. The zero-order valence-electron chi connectivity index (χ0n) is 7.58. The van der Waals surface area contributed by atoms with Gasteiger partial charge < -0.3 is 10.2 Å². The topological polar surface area (TPSA) is 49.4 Å². The molecule has 1 N–H and O–H groups in total. The fourth-order valence-electron chi connectivity index (χ4n) is 1.30. The number of rotatable bonds is 1. The summed E-state index contributed by atoms with van der Waals surface area (Å²) in [6.07, 6.45) is 2.62. The lowest BCUT2D eigenvalue weighted by Gasteiger charge is -2.28. The zero-order chi connectivity index (χ0) is 9.40. The molecule has 1 aliphatic rings. The van der Waals surface area contributed by atoms with Crippen molar-refractivity contribution in [2.75, 3.05) is 27.2 Å². The zero-order valence-corrected chi connectivity index (χ0v) is 8.39. The van der Waals surface area contributed by atoms with Gasteiger partial charge in [-0.1, -0.05) is 0 Å². The van der Waals surface area contributed by atoms with Gasteiger partial charge in [-0.2, -0.15) is 8.42 Å². The molecular weight excluding hydrogens is 176 g/mol. The molecule has 0 aromatic heterocycles. The summed E-state index contributed by atoms with van der Waals surface area (Å²) < 4.78 is 16.6. The Balaban J connectivity index is 0.000000354. The first-order valence-electron chi connectivity index (χ1n) is 4.02. The summed E-state index contributed by atoms with van der Waals surface area (Å²) in [6, 6.07) is 0.779. The van der Waals surface area contributed by atoms with Crippen LogP contribution in [0.3, 0.4) is 0 Å². The van der Waals surface area contributed by atoms with Crippen LogP contribution in [0.2, 0.25) is 0 Å². The van der Waals surface area contributed by atoms with Crippen LogP contribution in [-0.4, -0.2) is 46.5 Å². The maximum Gasteiger partial charge on any atom is 0.335 e. The van der Waals surface area contributed by atoms with Crippen LogP contribution in [0, 0.1) is 0 Å². The molecule has 0 radical (unpaired) electrons. The standard InChI is InChI=1S/C7H16N2.O2S/c1-8-7-3-5-9(2)6-4-7;1-3-2/h7-8H,3-6H2,1-2H3;. The second kappa shape index (κ2) is 7.39. The largest absolute Gasteiger partial charge is 0.335 e. The van der Waals surface area contributed by atoms with Crippen molar-refractivity contribution in [1.82, 2.24) is 10.2 Å². The predicted molar refractivity (Wildman–Crippen MR) is 48.5 cm³/mol. The third-order valence-corrected chi connectivity index (χ3v) is 2.13. The Morgan fingerprint density at radius 2 is 1.75 bits per heavy atom. The maximum absolute atomic E-state index is 8.29. The lowest BCUT2D eigenvalue weighted by atomic mass is 10.1. The molecule has 4 nitrogen and oxygen atoms in total. The molecule has 1 rings (SSSR count). The highest BCUT2D eigenvalue weighted by Crippen LogP contribution is 2.06. The molecule has 1 heterocycles. The summed E-state index contributed by atoms with van der Waals surface area (Å²) in [5, 5.41) is 3.30. The van der Waals surface area contributed by atoms with E-state index in [1.165, 1.54) is 25.9 Å². The summed E-state index contributed by atoms with van der Waals surface area (Å²) in [5.41, 5.74) is 0. The van der Waals surface area contributed by atoms with Crippen molar-refractivity contribution in [3.05, 3.63) is 0 Å². The first kappa shape index (κ1) is 11.7. The van der Waals surface area contributed by atoms with Gasteiger partial charge in [0.25, 0.3) is 0 Å². The van der Waals surface area contributed by atoms with Gasteiger partial charge in [-0.15, -0.1) is 0 Å². The van der Waals surface area contributed by atoms with E-state index in [-0.39, 0.29) is 0 Å². The van der Waals surface area contributed by atoms with Gasteiger partial charge >= 0.3 is 11.6 Å². The van der Waals surface area contributed by atoms with E-state index >= 15 is 0 Å². The van der Waals surface area contributed by atoms with Crippen molar-refractivity contribution in [2.24, 2.45) is 0 Å². The summed E-state index contributed by atoms with van der Waals surface area (Å²) in [6.45, 7) is 2.51. The molecule has 5 heteroatoms. The normalized spacial score (nSPS) is 19.5. The van der Waals surface area contributed by atoms with Crippen LogP contribution in [0.15, 0.2) is 0 Å². The van der Waals surface area contributed by atoms with Gasteiger partial charge in [-0.3, -0.25) is 0 Å². The van der Waals surface area contributed by atoms with E-state index in [0.29, 0.717) is 0 Å². The van der Waals surface area contributed by atoms with Crippen molar-refractivity contribution in [3.63, 3.8) is 0 Å². The van der Waals surface area contributed by atoms with Crippen molar-refractivity contribution in [3.8, 4) is 0 Å². The summed E-state index contributed by atoms with van der Waals surface area (Å²) in [4.78, 5) is 2.38. The van der Waals surface area contributed by atoms with Crippen LogP contribution < -0.4 is 5.32 Å². The van der Waals surface area contributed by atoms with Gasteiger partial charge in [0.15, 0.2) is 0 Å². The molecule has 0 amide bonds. The number of hydrogen-bond donors (Lipinski definition) is 1. The van der Waals surface area contributed by atoms with Gasteiger partial charge in [-0.05, 0) is 40.0 Å². The van der Waals surface area contributed by atoms with Crippen LogP contribution >= 0.6 is 0 Å². The van der Waals surface area contributed by atoms with Gasteiger partial charge in [0.1, 0.15) is 0 Å². The molecule has 1 saturated heterocycles. The Kier molecular flexibility index (Phi) is 7.23. The number of nitrogens with zero attached hydrogens (tertiary/aromatic N) is 1. The van der Waals surface area contributed by atoms with E-state index in [9.17, 15) is 0 Å². The van der Waals surface area contributed by atoms with E-state index in [4.69, 9.17) is 8.42 Å². The Labute approximate surface area is 76.9 Å². The average molecular weight is 192 g/mol. The fraction of sp³-hybridized carbons (Fsp3) is 1.00. The monoisotopic (exact) mass is 192 g/mol. The van der Waals surface area contributed by atoms with Crippen LogP contribution in [0.5, 0.6) is 0 Å². The highest BCUT2D eigenvalue weighted by Gasteiger charge is 2.13. The Morgan fingerprint density at radius 1 is 1.33 bits per heavy atom. The fourth-order valence-corrected chi connectivity index (χ4v) is 1.30. The van der Waals surface area contributed by atoms with Gasteiger partial charge in [0.2, 0.25) is 0 Å². The Hall–Kier alpha value is -0.260. The molecular formula is C7H16N2O2S. The second-order valence-electron chi connectivity index (χ2n) is 2.93. The minimum atomic E-state index is -0.750. The number of hydrogen-bond acceptors (Lipinski definition) is 4. The Morgan fingerprint density at radius 3 is 2.08 bits per heavy atom. The van der Waals surface area contributed by atoms with Gasteiger partial charge in [0, 0.05) is 6.04 Å². The number of likely N-dealkylation sites (tertiary alicyclic amines) is 1. The lowest BCUT2D eigenvalue weighted by Crippen LogP contribution is -2.39. The van der Waals surface area contributed by atoms with E-state index < -0.39 is 11.6 Å². The van der Waals surface area contributed by atoms with Crippen LogP contribution in [0.4, 0.5) is 0 Å². The average Bonchev–Trinajstić information content (AvgIpc) is 2.07. The summed E-state index contributed by atoms with van der Waals surface area (Å²) >= 11 is -0.750. The van der Waals surface area contributed by atoms with Crippen LogP contribution in [-0.2, 0) is 11.6 Å². The molecule has 0 aromatic carbocycles. The highest BCUT2D eigenvalue weighted by molar-refractivity contribution is 7.51. The number of piperidine rings is 1. The third kappa shape index (κ3) is 5.40. The first-order chi connectivity index (χ1) is 5.74. The quantitative estimate of drug-likeness (QED) is 0.616. The molecule has 0 bridgehead atoms. The number of nitrogens with one attached hydrogen (secondary N) is 1. The van der Waals surface area contributed by atoms with Gasteiger partial charge in [-0.25, -0.2) is 0 Å². The molecule has 0 aromatic rings. The molecule has 0 saturated carbocycles. The van der Waals surface area contributed by atoms with E-state index in [1.54, 1.807) is 0 Å². The third-order valence-electron chi connectivity index (χ3n) is 2.13. The second-order valence-corrected chi connectivity index (χ2v) is 3.07.